The first-order chi connectivity index (χ1) is 15.1. The van der Waals surface area contributed by atoms with Gasteiger partial charge in [0.2, 0.25) is 5.95 Å². The normalized spacial score (nSPS) is 19.9. The van der Waals surface area contributed by atoms with Crippen molar-refractivity contribution in [3.05, 3.63) is 51.9 Å². The summed E-state index contributed by atoms with van der Waals surface area (Å²) >= 11 is 6.43. The van der Waals surface area contributed by atoms with Crippen LogP contribution in [0.2, 0.25) is 5.02 Å². The van der Waals surface area contributed by atoms with Crippen molar-refractivity contribution in [2.24, 2.45) is 0 Å². The molecule has 31 heavy (non-hydrogen) atoms. The van der Waals surface area contributed by atoms with Gasteiger partial charge in [0.05, 0.1) is 12.6 Å². The van der Waals surface area contributed by atoms with Crippen LogP contribution in [0.15, 0.2) is 41.3 Å². The van der Waals surface area contributed by atoms with E-state index >= 15 is 0 Å². The molecule has 3 aromatic rings. The Balaban J connectivity index is 1.64. The zero-order chi connectivity index (χ0) is 21.4. The van der Waals surface area contributed by atoms with Crippen LogP contribution in [-0.4, -0.2) is 65.4 Å². The van der Waals surface area contributed by atoms with Crippen LogP contribution in [0.1, 0.15) is 12.8 Å². The topological polar surface area (TPSA) is 63.5 Å². The molecule has 0 spiro atoms. The molecular weight excluding hydrogens is 414 g/mol. The maximum absolute atomic E-state index is 13.6. The number of rotatable bonds is 4. The van der Waals surface area contributed by atoms with E-state index in [0.717, 1.165) is 56.6 Å². The van der Waals surface area contributed by atoms with Crippen molar-refractivity contribution < 1.29 is 4.74 Å². The molecule has 0 bridgehead atoms. The Morgan fingerprint density at radius 3 is 2.71 bits per heavy atom. The highest BCUT2D eigenvalue weighted by Crippen LogP contribution is 2.28. The number of pyridine rings is 1. The first-order valence-electron chi connectivity index (χ1n) is 10.8. The molecule has 2 aliphatic heterocycles. The van der Waals surface area contributed by atoms with E-state index in [1.54, 1.807) is 10.6 Å². The molecule has 8 heteroatoms. The predicted octanol–water partition coefficient (Wildman–Crippen LogP) is 3.04. The Morgan fingerprint density at radius 2 is 1.97 bits per heavy atom. The molecule has 1 aromatic carbocycles. The Hall–Kier alpha value is -2.48. The predicted molar refractivity (Wildman–Crippen MR) is 123 cm³/mol. The highest BCUT2D eigenvalue weighted by molar-refractivity contribution is 6.33. The Morgan fingerprint density at radius 1 is 1.16 bits per heavy atom. The van der Waals surface area contributed by atoms with Gasteiger partial charge in [0, 0.05) is 60.5 Å². The summed E-state index contributed by atoms with van der Waals surface area (Å²) in [6, 6.07) is 9.29. The van der Waals surface area contributed by atoms with Crippen LogP contribution in [0.4, 0.5) is 5.95 Å². The minimum absolute atomic E-state index is 0.0180. The number of fused-ring (bicyclic) bond motifs is 1. The maximum Gasteiger partial charge on any atom is 0.260 e. The molecule has 2 aromatic heterocycles. The molecule has 0 unspecified atom stereocenters. The average Bonchev–Trinajstić information content (AvgIpc) is 3.30. The molecule has 5 rings (SSSR count). The van der Waals surface area contributed by atoms with Crippen LogP contribution in [-0.2, 0) is 11.3 Å². The van der Waals surface area contributed by atoms with E-state index in [9.17, 15) is 4.79 Å². The SMILES string of the molecule is CN1CCN(c2ncc3cc(-c4ccccc4Cl)c(=O)n(C[C@H]4CCCO4)c3n2)CC1. The molecule has 0 radical (unpaired) electrons. The molecule has 2 fully saturated rings. The smallest absolute Gasteiger partial charge is 0.260 e. The number of likely N-dealkylation sites (N-methyl/N-ethyl adjacent to an activating group) is 1. The van der Waals surface area contributed by atoms with E-state index in [-0.39, 0.29) is 11.7 Å². The van der Waals surface area contributed by atoms with Crippen LogP contribution in [0.3, 0.4) is 0 Å². The summed E-state index contributed by atoms with van der Waals surface area (Å²) in [4.78, 5) is 27.6. The molecule has 2 saturated heterocycles. The largest absolute Gasteiger partial charge is 0.376 e. The van der Waals surface area contributed by atoms with Crippen LogP contribution in [0.25, 0.3) is 22.2 Å². The van der Waals surface area contributed by atoms with Crippen molar-refractivity contribution in [2.75, 3.05) is 44.7 Å². The summed E-state index contributed by atoms with van der Waals surface area (Å²) in [5, 5.41) is 1.38. The zero-order valence-electron chi connectivity index (χ0n) is 17.6. The number of hydrogen-bond donors (Lipinski definition) is 0. The standard InChI is InChI=1S/C23H26ClN5O2/c1-27-8-10-28(11-9-27)23-25-14-16-13-19(18-6-2-3-7-20(18)24)22(30)29(21(16)26-23)15-17-5-4-12-31-17/h2-3,6-7,13-14,17H,4-5,8-12,15H2,1H3/t17-/m1/s1. The highest BCUT2D eigenvalue weighted by atomic mass is 35.5. The van der Waals surface area contributed by atoms with E-state index in [1.165, 1.54) is 0 Å². The van der Waals surface area contributed by atoms with E-state index in [4.69, 9.17) is 21.3 Å². The quantitative estimate of drug-likeness (QED) is 0.622. The van der Waals surface area contributed by atoms with Gasteiger partial charge >= 0.3 is 0 Å². The Kier molecular flexibility index (Phi) is 5.65. The number of benzene rings is 1. The van der Waals surface area contributed by atoms with E-state index in [2.05, 4.69) is 21.8 Å². The first kappa shape index (κ1) is 20.4. The van der Waals surface area contributed by atoms with Gasteiger partial charge in [-0.05, 0) is 32.0 Å². The number of hydrogen-bond acceptors (Lipinski definition) is 6. The second-order valence-electron chi connectivity index (χ2n) is 8.33. The van der Waals surface area contributed by atoms with Crippen molar-refractivity contribution in [3.63, 3.8) is 0 Å². The van der Waals surface area contributed by atoms with Gasteiger partial charge in [-0.15, -0.1) is 0 Å². The fourth-order valence-electron chi connectivity index (χ4n) is 4.34. The molecular formula is C23H26ClN5O2. The van der Waals surface area contributed by atoms with Crippen molar-refractivity contribution in [1.82, 2.24) is 19.4 Å². The van der Waals surface area contributed by atoms with Crippen LogP contribution in [0, 0.1) is 0 Å². The fourth-order valence-corrected chi connectivity index (χ4v) is 4.58. The first-order valence-corrected chi connectivity index (χ1v) is 11.2. The number of anilines is 1. The van der Waals surface area contributed by atoms with E-state index in [0.29, 0.717) is 28.7 Å². The van der Waals surface area contributed by atoms with E-state index < -0.39 is 0 Å². The van der Waals surface area contributed by atoms with Crippen molar-refractivity contribution in [3.8, 4) is 11.1 Å². The lowest BCUT2D eigenvalue weighted by atomic mass is 10.1. The summed E-state index contributed by atoms with van der Waals surface area (Å²) in [6.07, 6.45) is 3.80. The Labute approximate surface area is 186 Å². The third-order valence-electron chi connectivity index (χ3n) is 6.17. The zero-order valence-corrected chi connectivity index (χ0v) is 18.4. The summed E-state index contributed by atoms with van der Waals surface area (Å²) in [5.74, 6) is 0.673. The van der Waals surface area contributed by atoms with Gasteiger partial charge in [-0.3, -0.25) is 9.36 Å². The molecule has 4 heterocycles. The molecule has 0 saturated carbocycles. The van der Waals surface area contributed by atoms with Gasteiger partial charge < -0.3 is 14.5 Å². The molecule has 7 nitrogen and oxygen atoms in total. The summed E-state index contributed by atoms with van der Waals surface area (Å²) in [6.45, 7) is 4.90. The second-order valence-corrected chi connectivity index (χ2v) is 8.74. The number of aromatic nitrogens is 3. The fraction of sp³-hybridized carbons (Fsp3) is 0.435. The molecule has 0 aliphatic carbocycles. The lowest BCUT2D eigenvalue weighted by Gasteiger charge is -2.32. The van der Waals surface area contributed by atoms with Crippen molar-refractivity contribution in [2.45, 2.75) is 25.5 Å². The molecule has 0 N–H and O–H groups in total. The molecule has 0 amide bonds. The van der Waals surface area contributed by atoms with Gasteiger partial charge in [-0.2, -0.15) is 4.98 Å². The van der Waals surface area contributed by atoms with Crippen molar-refractivity contribution >= 4 is 28.6 Å². The Bertz CT molecular complexity index is 1150. The van der Waals surface area contributed by atoms with Crippen molar-refractivity contribution in [1.29, 1.82) is 0 Å². The minimum Gasteiger partial charge on any atom is -0.376 e. The van der Waals surface area contributed by atoms with Gasteiger partial charge in [-0.1, -0.05) is 29.8 Å². The van der Waals surface area contributed by atoms with Crippen LogP contribution >= 0.6 is 11.6 Å². The lowest BCUT2D eigenvalue weighted by Crippen LogP contribution is -2.45. The van der Waals surface area contributed by atoms with E-state index in [1.807, 2.05) is 30.5 Å². The average molecular weight is 440 g/mol. The summed E-state index contributed by atoms with van der Waals surface area (Å²) in [7, 11) is 2.12. The minimum atomic E-state index is -0.0980. The van der Waals surface area contributed by atoms with Gasteiger partial charge in [0.15, 0.2) is 0 Å². The molecule has 162 valence electrons. The third-order valence-corrected chi connectivity index (χ3v) is 6.50. The maximum atomic E-state index is 13.6. The highest BCUT2D eigenvalue weighted by Gasteiger charge is 2.22. The van der Waals surface area contributed by atoms with Crippen LogP contribution < -0.4 is 10.5 Å². The van der Waals surface area contributed by atoms with Gasteiger partial charge in [0.25, 0.3) is 5.56 Å². The van der Waals surface area contributed by atoms with Gasteiger partial charge in [-0.25, -0.2) is 4.98 Å². The summed E-state index contributed by atoms with van der Waals surface area (Å²) < 4.78 is 7.60. The number of piperazine rings is 1. The third kappa shape index (κ3) is 4.05. The number of ether oxygens (including phenoxy) is 1. The van der Waals surface area contributed by atoms with Gasteiger partial charge in [0.1, 0.15) is 5.65 Å². The molecule has 2 aliphatic rings. The monoisotopic (exact) mass is 439 g/mol. The number of halogens is 1. The van der Waals surface area contributed by atoms with Crippen LogP contribution in [0.5, 0.6) is 0 Å². The number of nitrogens with zero attached hydrogens (tertiary/aromatic N) is 5. The lowest BCUT2D eigenvalue weighted by molar-refractivity contribution is 0.0971. The summed E-state index contributed by atoms with van der Waals surface area (Å²) in [5.41, 5.74) is 1.84. The molecule has 1 atom stereocenters. The second kappa shape index (κ2) is 8.57.